The normalized spacial score (nSPS) is 14.9. The third kappa shape index (κ3) is 5.11. The van der Waals surface area contributed by atoms with Gasteiger partial charge in [-0.25, -0.2) is 0 Å². The number of nitrogens with one attached hydrogen (secondary N) is 1. The van der Waals surface area contributed by atoms with Crippen LogP contribution in [-0.2, 0) is 16.0 Å². The van der Waals surface area contributed by atoms with Crippen LogP contribution in [0.3, 0.4) is 0 Å². The van der Waals surface area contributed by atoms with E-state index in [0.717, 1.165) is 24.8 Å². The summed E-state index contributed by atoms with van der Waals surface area (Å²) >= 11 is 0. The fourth-order valence-electron chi connectivity index (χ4n) is 3.13. The number of hydrogen-bond donors (Lipinski definition) is 1. The van der Waals surface area contributed by atoms with Crippen molar-refractivity contribution in [1.29, 1.82) is 0 Å². The summed E-state index contributed by atoms with van der Waals surface area (Å²) in [6, 6.07) is 5.78. The Kier molecular flexibility index (Phi) is 7.10. The van der Waals surface area contributed by atoms with E-state index in [1.807, 2.05) is 30.0 Å². The molecule has 1 aliphatic rings. The number of methoxy groups -OCH3 is 2. The lowest BCUT2D eigenvalue weighted by Crippen LogP contribution is -2.43. The van der Waals surface area contributed by atoms with E-state index in [9.17, 15) is 9.59 Å². The molecular formula is C19H28N2O4. The number of rotatable bonds is 7. The van der Waals surface area contributed by atoms with Crippen LogP contribution >= 0.6 is 0 Å². The van der Waals surface area contributed by atoms with Gasteiger partial charge in [-0.3, -0.25) is 9.59 Å². The van der Waals surface area contributed by atoms with E-state index < -0.39 is 0 Å². The summed E-state index contributed by atoms with van der Waals surface area (Å²) in [6.07, 6.45) is 2.75. The van der Waals surface area contributed by atoms with Crippen LogP contribution in [0.1, 0.15) is 31.7 Å². The van der Waals surface area contributed by atoms with E-state index in [-0.39, 0.29) is 17.7 Å². The van der Waals surface area contributed by atoms with Crippen molar-refractivity contribution in [3.8, 4) is 11.5 Å². The molecule has 0 radical (unpaired) electrons. The molecule has 2 amide bonds. The van der Waals surface area contributed by atoms with Gasteiger partial charge in [0.25, 0.3) is 0 Å². The van der Waals surface area contributed by atoms with Gasteiger partial charge in [-0.2, -0.15) is 0 Å². The average Bonchev–Trinajstić information content (AvgIpc) is 2.67. The zero-order valence-corrected chi connectivity index (χ0v) is 15.3. The summed E-state index contributed by atoms with van der Waals surface area (Å²) in [5.41, 5.74) is 1.08. The Labute approximate surface area is 149 Å². The van der Waals surface area contributed by atoms with Gasteiger partial charge in [-0.1, -0.05) is 13.0 Å². The summed E-state index contributed by atoms with van der Waals surface area (Å²) in [5, 5.41) is 3.01. The molecule has 1 N–H and O–H groups in total. The summed E-state index contributed by atoms with van der Waals surface area (Å²) in [5.74, 6) is 1.66. The van der Waals surface area contributed by atoms with Gasteiger partial charge in [0.2, 0.25) is 11.8 Å². The van der Waals surface area contributed by atoms with Crippen LogP contribution in [0.5, 0.6) is 11.5 Å². The molecule has 1 fully saturated rings. The maximum Gasteiger partial charge on any atom is 0.223 e. The summed E-state index contributed by atoms with van der Waals surface area (Å²) in [6.45, 7) is 3.82. The topological polar surface area (TPSA) is 67.9 Å². The summed E-state index contributed by atoms with van der Waals surface area (Å²) in [4.78, 5) is 25.8. The molecule has 0 atom stereocenters. The second-order valence-corrected chi connectivity index (χ2v) is 6.24. The highest BCUT2D eigenvalue weighted by Gasteiger charge is 2.26. The third-order valence-corrected chi connectivity index (χ3v) is 4.68. The number of carbonyl (C=O) groups excluding carboxylic acids is 2. The molecule has 1 heterocycles. The number of ether oxygens (including phenoxy) is 2. The van der Waals surface area contributed by atoms with E-state index >= 15 is 0 Å². The number of nitrogens with zero attached hydrogens (tertiary/aromatic N) is 1. The van der Waals surface area contributed by atoms with Crippen LogP contribution in [0.2, 0.25) is 0 Å². The van der Waals surface area contributed by atoms with Crippen LogP contribution in [-0.4, -0.2) is 50.6 Å². The van der Waals surface area contributed by atoms with Crippen molar-refractivity contribution < 1.29 is 19.1 Å². The monoisotopic (exact) mass is 348 g/mol. The minimum absolute atomic E-state index is 0.00584. The molecule has 2 rings (SSSR count). The van der Waals surface area contributed by atoms with Crippen molar-refractivity contribution >= 4 is 11.8 Å². The smallest absolute Gasteiger partial charge is 0.223 e. The van der Waals surface area contributed by atoms with E-state index in [0.29, 0.717) is 37.6 Å². The Hall–Kier alpha value is -2.24. The SMILES string of the molecule is CCC(=O)N1CCC(C(=O)NCCc2ccc(OC)c(OC)c2)CC1. The number of piperidine rings is 1. The van der Waals surface area contributed by atoms with Crippen LogP contribution in [0.4, 0.5) is 0 Å². The highest BCUT2D eigenvalue weighted by molar-refractivity contribution is 5.80. The molecule has 138 valence electrons. The summed E-state index contributed by atoms with van der Waals surface area (Å²) in [7, 11) is 3.22. The lowest BCUT2D eigenvalue weighted by molar-refractivity contribution is -0.135. The fraction of sp³-hybridized carbons (Fsp3) is 0.579. The molecule has 0 aromatic heterocycles. The maximum absolute atomic E-state index is 12.3. The van der Waals surface area contributed by atoms with E-state index in [4.69, 9.17) is 9.47 Å². The molecule has 0 saturated carbocycles. The number of hydrogen-bond acceptors (Lipinski definition) is 4. The zero-order chi connectivity index (χ0) is 18.2. The molecule has 0 aliphatic carbocycles. The van der Waals surface area contributed by atoms with Gasteiger partial charge >= 0.3 is 0 Å². The molecule has 0 bridgehead atoms. The van der Waals surface area contributed by atoms with Crippen molar-refractivity contribution in [3.05, 3.63) is 23.8 Å². The Balaban J connectivity index is 1.77. The lowest BCUT2D eigenvalue weighted by Gasteiger charge is -2.31. The molecule has 1 aromatic carbocycles. The maximum atomic E-state index is 12.3. The van der Waals surface area contributed by atoms with Crippen molar-refractivity contribution in [2.45, 2.75) is 32.6 Å². The van der Waals surface area contributed by atoms with Gasteiger partial charge in [0.1, 0.15) is 0 Å². The largest absolute Gasteiger partial charge is 0.493 e. The summed E-state index contributed by atoms with van der Waals surface area (Å²) < 4.78 is 10.5. The Morgan fingerprint density at radius 3 is 2.44 bits per heavy atom. The first-order chi connectivity index (χ1) is 12.1. The number of likely N-dealkylation sites (tertiary alicyclic amines) is 1. The fourth-order valence-corrected chi connectivity index (χ4v) is 3.13. The molecule has 6 nitrogen and oxygen atoms in total. The number of amides is 2. The first kappa shape index (κ1) is 19.1. The van der Waals surface area contributed by atoms with Crippen LogP contribution in [0.25, 0.3) is 0 Å². The molecule has 0 spiro atoms. The molecule has 1 aromatic rings. The van der Waals surface area contributed by atoms with E-state index in [2.05, 4.69) is 5.32 Å². The minimum Gasteiger partial charge on any atom is -0.493 e. The second kappa shape index (κ2) is 9.30. The van der Waals surface area contributed by atoms with Crippen LogP contribution in [0, 0.1) is 5.92 Å². The van der Waals surface area contributed by atoms with Gasteiger partial charge in [0.05, 0.1) is 14.2 Å². The van der Waals surface area contributed by atoms with Crippen molar-refractivity contribution in [2.75, 3.05) is 33.9 Å². The predicted molar refractivity (Wildman–Crippen MR) is 95.9 cm³/mol. The van der Waals surface area contributed by atoms with Gasteiger partial charge in [0, 0.05) is 32.0 Å². The van der Waals surface area contributed by atoms with Crippen LogP contribution < -0.4 is 14.8 Å². The Bertz CT molecular complexity index is 595. The Morgan fingerprint density at radius 1 is 1.16 bits per heavy atom. The van der Waals surface area contributed by atoms with Crippen molar-refractivity contribution in [2.24, 2.45) is 5.92 Å². The first-order valence-corrected chi connectivity index (χ1v) is 8.85. The van der Waals surface area contributed by atoms with Gasteiger partial charge < -0.3 is 19.7 Å². The lowest BCUT2D eigenvalue weighted by atomic mass is 9.95. The van der Waals surface area contributed by atoms with Gasteiger partial charge in [0.15, 0.2) is 11.5 Å². The van der Waals surface area contributed by atoms with Gasteiger partial charge in [-0.15, -0.1) is 0 Å². The molecule has 25 heavy (non-hydrogen) atoms. The molecule has 6 heteroatoms. The molecular weight excluding hydrogens is 320 g/mol. The third-order valence-electron chi connectivity index (χ3n) is 4.68. The molecule has 0 unspecified atom stereocenters. The first-order valence-electron chi connectivity index (χ1n) is 8.85. The highest BCUT2D eigenvalue weighted by Crippen LogP contribution is 2.27. The minimum atomic E-state index is 0.00584. The quantitative estimate of drug-likeness (QED) is 0.818. The van der Waals surface area contributed by atoms with E-state index in [1.54, 1.807) is 14.2 Å². The zero-order valence-electron chi connectivity index (χ0n) is 15.3. The van der Waals surface area contributed by atoms with Crippen molar-refractivity contribution in [1.82, 2.24) is 10.2 Å². The standard InChI is InChI=1S/C19H28N2O4/c1-4-18(22)21-11-8-15(9-12-21)19(23)20-10-7-14-5-6-16(24-2)17(13-14)25-3/h5-6,13,15H,4,7-12H2,1-3H3,(H,20,23). The van der Waals surface area contributed by atoms with E-state index in [1.165, 1.54) is 0 Å². The molecule has 1 aliphatic heterocycles. The number of benzene rings is 1. The number of carbonyl (C=O) groups is 2. The van der Waals surface area contributed by atoms with Gasteiger partial charge in [-0.05, 0) is 37.0 Å². The second-order valence-electron chi connectivity index (χ2n) is 6.24. The molecule has 1 saturated heterocycles. The van der Waals surface area contributed by atoms with Crippen LogP contribution in [0.15, 0.2) is 18.2 Å². The Morgan fingerprint density at radius 2 is 1.84 bits per heavy atom. The predicted octanol–water partition coefficient (Wildman–Crippen LogP) is 2.01. The highest BCUT2D eigenvalue weighted by atomic mass is 16.5. The average molecular weight is 348 g/mol. The van der Waals surface area contributed by atoms with Crippen molar-refractivity contribution in [3.63, 3.8) is 0 Å².